The van der Waals surface area contributed by atoms with Crippen molar-refractivity contribution in [2.75, 3.05) is 13.2 Å². The Morgan fingerprint density at radius 1 is 0.765 bits per heavy atom. The first kappa shape index (κ1) is 41.3. The van der Waals surface area contributed by atoms with Crippen molar-refractivity contribution in [2.45, 2.75) is 81.2 Å². The Balaban J connectivity index is 2.34. The zero-order valence-corrected chi connectivity index (χ0v) is 27.4. The van der Waals surface area contributed by atoms with Crippen LogP contribution in [0.3, 0.4) is 0 Å². The number of carbonyl (C=O) groups excluding carboxylic acids is 8. The van der Waals surface area contributed by atoms with Crippen LogP contribution in [0.2, 0.25) is 0 Å². The molecule has 1 heterocycles. The van der Waals surface area contributed by atoms with E-state index in [0.29, 0.717) is 12.0 Å². The van der Waals surface area contributed by atoms with Gasteiger partial charge in [0.15, 0.2) is 0 Å². The Bertz CT molecular complexity index is 1490. The predicted molar refractivity (Wildman–Crippen MR) is 173 cm³/mol. The highest BCUT2D eigenvalue weighted by molar-refractivity contribution is 5.98. The molecular formula is C30H43N9O12. The third-order valence-corrected chi connectivity index (χ3v) is 7.73. The average molecular weight is 722 g/mol. The van der Waals surface area contributed by atoms with Crippen LogP contribution in [0.25, 0.3) is 0 Å². The summed E-state index contributed by atoms with van der Waals surface area (Å²) in [5, 5.41) is 37.2. The summed E-state index contributed by atoms with van der Waals surface area (Å²) in [5.74, 6) is -9.31. The van der Waals surface area contributed by atoms with Crippen LogP contribution in [0.5, 0.6) is 5.75 Å². The summed E-state index contributed by atoms with van der Waals surface area (Å²) in [6.45, 7) is -0.930. The van der Waals surface area contributed by atoms with Crippen LogP contribution < -0.4 is 44.2 Å². The number of hydrogen-bond donors (Lipinski definition) is 11. The lowest BCUT2D eigenvalue weighted by atomic mass is 10.0. The van der Waals surface area contributed by atoms with Gasteiger partial charge >= 0.3 is 5.97 Å². The maximum absolute atomic E-state index is 13.7. The SMILES string of the molecule is NC(=O)CC[C@H](NC(=O)[C@@H](CC(N)=O)NC(=O)[C@@H](Cc1ccc(O)cc1)NC(=O)[C@@H](N)CC(N)=O)C(=O)N1CCC[C@H]1C(=O)N[C@H](CO)C(=O)O. The van der Waals surface area contributed by atoms with Crippen molar-refractivity contribution in [2.24, 2.45) is 22.9 Å². The molecule has 15 N–H and O–H groups in total. The number of nitrogens with one attached hydrogen (secondary N) is 4. The highest BCUT2D eigenvalue weighted by Gasteiger charge is 2.40. The fourth-order valence-electron chi connectivity index (χ4n) is 5.12. The zero-order valence-electron chi connectivity index (χ0n) is 27.4. The van der Waals surface area contributed by atoms with Crippen molar-refractivity contribution in [1.29, 1.82) is 0 Å². The quantitative estimate of drug-likeness (QED) is 0.0599. The summed E-state index contributed by atoms with van der Waals surface area (Å²) < 4.78 is 0. The number of primary amides is 3. The van der Waals surface area contributed by atoms with Crippen LogP contribution in [-0.4, -0.2) is 123 Å². The second-order valence-corrected chi connectivity index (χ2v) is 11.8. The van der Waals surface area contributed by atoms with Crippen LogP contribution in [0.1, 0.15) is 44.1 Å². The first-order valence-corrected chi connectivity index (χ1v) is 15.7. The molecule has 1 saturated heterocycles. The Morgan fingerprint density at radius 3 is 1.88 bits per heavy atom. The highest BCUT2D eigenvalue weighted by atomic mass is 16.4. The molecule has 0 aromatic heterocycles. The number of nitrogens with zero attached hydrogens (tertiary/aromatic N) is 1. The van der Waals surface area contributed by atoms with Crippen molar-refractivity contribution < 1.29 is 58.5 Å². The van der Waals surface area contributed by atoms with Crippen molar-refractivity contribution in [3.63, 3.8) is 0 Å². The maximum Gasteiger partial charge on any atom is 0.328 e. The highest BCUT2D eigenvalue weighted by Crippen LogP contribution is 2.20. The molecule has 2 rings (SSSR count). The third kappa shape index (κ3) is 13.2. The summed E-state index contributed by atoms with van der Waals surface area (Å²) in [5.41, 5.74) is 21.8. The molecule has 0 radical (unpaired) electrons. The summed E-state index contributed by atoms with van der Waals surface area (Å²) in [6.07, 6.45) is -2.00. The molecule has 280 valence electrons. The minimum Gasteiger partial charge on any atom is -0.508 e. The first-order chi connectivity index (χ1) is 23.9. The van der Waals surface area contributed by atoms with Gasteiger partial charge < -0.3 is 64.4 Å². The second kappa shape index (κ2) is 19.4. The van der Waals surface area contributed by atoms with E-state index < -0.39 is 115 Å². The van der Waals surface area contributed by atoms with E-state index in [-0.39, 0.29) is 31.6 Å². The third-order valence-electron chi connectivity index (χ3n) is 7.73. The van der Waals surface area contributed by atoms with Crippen LogP contribution in [-0.2, 0) is 49.6 Å². The van der Waals surface area contributed by atoms with Gasteiger partial charge in [-0.2, -0.15) is 0 Å². The van der Waals surface area contributed by atoms with E-state index in [0.717, 1.165) is 4.90 Å². The molecule has 0 spiro atoms. The molecule has 8 amide bonds. The van der Waals surface area contributed by atoms with Gasteiger partial charge in [0.05, 0.1) is 25.5 Å². The molecular weight excluding hydrogens is 678 g/mol. The molecule has 6 atom stereocenters. The number of likely N-dealkylation sites (tertiary alicyclic amines) is 1. The number of aliphatic hydroxyl groups is 1. The van der Waals surface area contributed by atoms with E-state index in [1.54, 1.807) is 0 Å². The molecule has 1 aliphatic heterocycles. The maximum atomic E-state index is 13.7. The Morgan fingerprint density at radius 2 is 1.33 bits per heavy atom. The first-order valence-electron chi connectivity index (χ1n) is 15.7. The van der Waals surface area contributed by atoms with Crippen LogP contribution in [0.15, 0.2) is 24.3 Å². The van der Waals surface area contributed by atoms with E-state index in [9.17, 15) is 58.5 Å². The number of amides is 8. The van der Waals surface area contributed by atoms with Gasteiger partial charge in [-0.1, -0.05) is 12.1 Å². The lowest BCUT2D eigenvalue weighted by molar-refractivity contribution is -0.145. The van der Waals surface area contributed by atoms with Crippen molar-refractivity contribution >= 4 is 53.2 Å². The Labute approximate surface area is 290 Å². The summed E-state index contributed by atoms with van der Waals surface area (Å²) in [4.78, 5) is 114. The molecule has 1 aliphatic rings. The minimum atomic E-state index is -1.75. The van der Waals surface area contributed by atoms with Gasteiger partial charge in [-0.25, -0.2) is 4.79 Å². The van der Waals surface area contributed by atoms with Crippen LogP contribution in [0, 0.1) is 0 Å². The number of aromatic hydroxyl groups is 1. The van der Waals surface area contributed by atoms with E-state index in [2.05, 4.69) is 21.3 Å². The molecule has 0 aliphatic carbocycles. The molecule has 1 aromatic rings. The number of carboxylic acid groups (broad SMARTS) is 1. The van der Waals surface area contributed by atoms with Crippen LogP contribution >= 0.6 is 0 Å². The molecule has 0 bridgehead atoms. The van der Waals surface area contributed by atoms with Crippen molar-refractivity contribution in [1.82, 2.24) is 26.2 Å². The smallest absolute Gasteiger partial charge is 0.328 e. The number of rotatable bonds is 20. The van der Waals surface area contributed by atoms with Gasteiger partial charge in [0.1, 0.15) is 36.0 Å². The van der Waals surface area contributed by atoms with Gasteiger partial charge in [-0.05, 0) is 37.0 Å². The van der Waals surface area contributed by atoms with E-state index in [1.807, 2.05) is 0 Å². The standard InChI is InChI=1S/C30H43N9O12/c31-16(11-23(33)43)25(45)36-18(10-14-3-5-15(41)6-4-14)26(46)37-19(12-24(34)44)27(47)35-17(7-8-22(32)42)29(49)39-9-1-2-21(39)28(48)38-20(13-40)30(50)51/h3-6,16-21,40-41H,1-2,7-13,31H2,(H2,32,42)(H2,33,43)(H2,34,44)(H,35,47)(H,36,45)(H,37,46)(H,38,48)(H,50,51)/t16-,17-,18+,19+,20+,21-/m0/s1. The molecule has 51 heavy (non-hydrogen) atoms. The largest absolute Gasteiger partial charge is 0.508 e. The van der Waals surface area contributed by atoms with E-state index in [4.69, 9.17) is 22.9 Å². The lowest BCUT2D eigenvalue weighted by Crippen LogP contribution is -2.60. The second-order valence-electron chi connectivity index (χ2n) is 11.8. The Hall–Kier alpha value is -5.83. The van der Waals surface area contributed by atoms with Crippen molar-refractivity contribution in [3.05, 3.63) is 29.8 Å². The van der Waals surface area contributed by atoms with Crippen molar-refractivity contribution in [3.8, 4) is 5.75 Å². The molecule has 21 nitrogen and oxygen atoms in total. The zero-order chi connectivity index (χ0) is 38.4. The Kier molecular flexibility index (Phi) is 15.7. The predicted octanol–water partition coefficient (Wildman–Crippen LogP) is -5.71. The molecule has 1 fully saturated rings. The fraction of sp³-hybridized carbons (Fsp3) is 0.500. The number of hydrogen-bond acceptors (Lipinski definition) is 12. The summed E-state index contributed by atoms with van der Waals surface area (Å²) in [6, 6.07) is -3.59. The van der Waals surface area contributed by atoms with Gasteiger partial charge in [0, 0.05) is 19.4 Å². The molecule has 1 aromatic carbocycles. The monoisotopic (exact) mass is 721 g/mol. The molecule has 0 saturated carbocycles. The molecule has 0 unspecified atom stereocenters. The number of nitrogens with two attached hydrogens (primary N) is 4. The topological polar surface area (TPSA) is 370 Å². The average Bonchev–Trinajstić information content (AvgIpc) is 3.55. The normalized spacial score (nSPS) is 16.7. The summed E-state index contributed by atoms with van der Waals surface area (Å²) >= 11 is 0. The van der Waals surface area contributed by atoms with Gasteiger partial charge in [0.25, 0.3) is 0 Å². The van der Waals surface area contributed by atoms with E-state index >= 15 is 0 Å². The lowest BCUT2D eigenvalue weighted by Gasteiger charge is -2.30. The minimum absolute atomic E-state index is 0.00525. The van der Waals surface area contributed by atoms with Gasteiger partial charge in [-0.3, -0.25) is 38.4 Å². The van der Waals surface area contributed by atoms with Gasteiger partial charge in [0.2, 0.25) is 47.3 Å². The number of carbonyl (C=O) groups is 9. The number of benzene rings is 1. The molecule has 21 heteroatoms. The van der Waals surface area contributed by atoms with E-state index in [1.165, 1.54) is 24.3 Å². The number of phenolic OH excluding ortho intramolecular Hbond substituents is 1. The number of phenols is 1. The fourth-order valence-corrected chi connectivity index (χ4v) is 5.12. The van der Waals surface area contributed by atoms with Gasteiger partial charge in [-0.15, -0.1) is 0 Å². The number of carboxylic acids is 1. The van der Waals surface area contributed by atoms with Crippen LogP contribution in [0.4, 0.5) is 0 Å². The summed E-state index contributed by atoms with van der Waals surface area (Å²) in [7, 11) is 0. The number of aliphatic hydroxyl groups excluding tert-OH is 1. The number of aliphatic carboxylic acids is 1.